The second-order valence-electron chi connectivity index (χ2n) is 10.9. The van der Waals surface area contributed by atoms with Crippen molar-refractivity contribution in [3.63, 3.8) is 0 Å². The molecule has 2 aromatic rings. The van der Waals surface area contributed by atoms with E-state index in [0.29, 0.717) is 31.1 Å². The van der Waals surface area contributed by atoms with E-state index in [1.807, 2.05) is 35.2 Å². The van der Waals surface area contributed by atoms with E-state index in [1.165, 1.54) is 6.26 Å². The number of rotatable bonds is 3. The Morgan fingerprint density at radius 3 is 2.54 bits per heavy atom. The van der Waals surface area contributed by atoms with Gasteiger partial charge in [0, 0.05) is 56.3 Å². The molecule has 0 aliphatic carbocycles. The second kappa shape index (κ2) is 9.22. The lowest BCUT2D eigenvalue weighted by molar-refractivity contribution is -0.139. The maximum Gasteiger partial charge on any atom is 0.253 e. The molecule has 9 heteroatoms. The third-order valence-electron chi connectivity index (χ3n) is 8.68. The molecule has 4 aliphatic heterocycles. The molecule has 2 bridgehead atoms. The van der Waals surface area contributed by atoms with Gasteiger partial charge in [0.15, 0.2) is 9.84 Å². The number of benzene rings is 2. The van der Waals surface area contributed by atoms with Crippen LogP contribution in [0.5, 0.6) is 0 Å². The fourth-order valence-corrected chi connectivity index (χ4v) is 7.66. The molecule has 3 atom stereocenters. The standard InChI is InChI=1S/C28H34N4O4S/c1-37(35,36)22-11-9-20(10-12-22)19-30-14-5-13-29-26(33)24-18-21-6-4-15-32(21)28(24)23-7-2-3-8-25(23)31(17-16-30)27(28)34/h2-3,7-12,21,24H,4-6,13-19H2,1H3,(H,29,33)/t21-,24+,28+/m0/s1. The first kappa shape index (κ1) is 24.6. The van der Waals surface area contributed by atoms with Crippen LogP contribution in [0.3, 0.4) is 0 Å². The molecule has 0 aromatic heterocycles. The van der Waals surface area contributed by atoms with Crippen LogP contribution in [0.15, 0.2) is 53.4 Å². The van der Waals surface area contributed by atoms with Gasteiger partial charge in [-0.25, -0.2) is 8.42 Å². The SMILES string of the molecule is CS(=O)(=O)c1ccc(CN2CCCNC(=O)[C@H]3C[C@@H]4CCCN4[C@@]34C(=O)N(CC2)c2ccccc24)cc1. The molecule has 6 rings (SSSR count). The molecule has 0 radical (unpaired) electrons. The van der Waals surface area contributed by atoms with Crippen molar-refractivity contribution in [1.82, 2.24) is 15.1 Å². The molecule has 4 aliphatic rings. The Bertz CT molecular complexity index is 1330. The van der Waals surface area contributed by atoms with Crippen LogP contribution in [0.1, 0.15) is 36.8 Å². The largest absolute Gasteiger partial charge is 0.356 e. The maximum absolute atomic E-state index is 14.4. The average Bonchev–Trinajstić information content (AvgIpc) is 3.53. The van der Waals surface area contributed by atoms with Crippen molar-refractivity contribution in [3.8, 4) is 0 Å². The Kier molecular flexibility index (Phi) is 6.12. The van der Waals surface area contributed by atoms with Gasteiger partial charge in [0.25, 0.3) is 5.91 Å². The van der Waals surface area contributed by atoms with Crippen LogP contribution in [-0.2, 0) is 31.5 Å². The first-order valence-corrected chi connectivity index (χ1v) is 15.2. The zero-order valence-electron chi connectivity index (χ0n) is 21.2. The van der Waals surface area contributed by atoms with Crippen LogP contribution < -0.4 is 10.2 Å². The van der Waals surface area contributed by atoms with E-state index in [4.69, 9.17) is 0 Å². The molecule has 196 valence electrons. The lowest BCUT2D eigenvalue weighted by atomic mass is 9.78. The molecule has 0 saturated carbocycles. The highest BCUT2D eigenvalue weighted by Crippen LogP contribution is 2.57. The Morgan fingerprint density at radius 2 is 1.76 bits per heavy atom. The first-order valence-electron chi connectivity index (χ1n) is 13.3. The maximum atomic E-state index is 14.4. The van der Waals surface area contributed by atoms with Gasteiger partial charge in [0.1, 0.15) is 5.54 Å². The molecular formula is C28H34N4O4S. The van der Waals surface area contributed by atoms with Gasteiger partial charge in [-0.1, -0.05) is 30.3 Å². The van der Waals surface area contributed by atoms with Crippen LogP contribution in [-0.4, -0.2) is 75.1 Å². The van der Waals surface area contributed by atoms with Crippen molar-refractivity contribution in [3.05, 3.63) is 59.7 Å². The van der Waals surface area contributed by atoms with Crippen molar-refractivity contribution >= 4 is 27.3 Å². The number of para-hydroxylation sites is 1. The van der Waals surface area contributed by atoms with Crippen molar-refractivity contribution in [2.45, 2.75) is 48.7 Å². The number of nitrogens with one attached hydrogen (secondary N) is 1. The van der Waals surface area contributed by atoms with Gasteiger partial charge in [-0.05, 0) is 56.0 Å². The van der Waals surface area contributed by atoms with E-state index in [9.17, 15) is 18.0 Å². The molecule has 8 nitrogen and oxygen atoms in total. The molecule has 37 heavy (non-hydrogen) atoms. The number of carbonyl (C=O) groups excluding carboxylic acids is 2. The summed E-state index contributed by atoms with van der Waals surface area (Å²) in [6.07, 6.45) is 4.84. The highest BCUT2D eigenvalue weighted by Gasteiger charge is 2.67. The summed E-state index contributed by atoms with van der Waals surface area (Å²) in [4.78, 5) is 34.8. The molecule has 1 N–H and O–H groups in total. The van der Waals surface area contributed by atoms with Gasteiger partial charge >= 0.3 is 0 Å². The highest BCUT2D eigenvalue weighted by molar-refractivity contribution is 7.90. The minimum absolute atomic E-state index is 0.0112. The topological polar surface area (TPSA) is 90.0 Å². The Morgan fingerprint density at radius 1 is 0.973 bits per heavy atom. The molecule has 2 aromatic carbocycles. The van der Waals surface area contributed by atoms with E-state index < -0.39 is 15.4 Å². The molecular weight excluding hydrogens is 488 g/mol. The number of hydrogen-bond donors (Lipinski definition) is 1. The fourth-order valence-electron chi connectivity index (χ4n) is 7.03. The molecule has 2 amide bonds. The lowest BCUT2D eigenvalue weighted by Gasteiger charge is -2.38. The monoisotopic (exact) mass is 522 g/mol. The van der Waals surface area contributed by atoms with Gasteiger partial charge in [-0.15, -0.1) is 0 Å². The normalized spacial score (nSPS) is 28.7. The van der Waals surface area contributed by atoms with Crippen LogP contribution in [0.4, 0.5) is 5.69 Å². The molecule has 4 heterocycles. The Labute approximate surface area is 218 Å². The minimum atomic E-state index is -3.24. The predicted molar refractivity (Wildman–Crippen MR) is 141 cm³/mol. The zero-order chi connectivity index (χ0) is 25.8. The van der Waals surface area contributed by atoms with Crippen LogP contribution in [0.2, 0.25) is 0 Å². The number of anilines is 1. The summed E-state index contributed by atoms with van der Waals surface area (Å²) >= 11 is 0. The van der Waals surface area contributed by atoms with E-state index in [2.05, 4.69) is 21.2 Å². The number of sulfone groups is 1. The van der Waals surface area contributed by atoms with Gasteiger partial charge in [-0.3, -0.25) is 19.4 Å². The average molecular weight is 523 g/mol. The molecule has 1 spiro atoms. The fraction of sp³-hybridized carbons (Fsp3) is 0.500. The number of nitrogens with zero attached hydrogens (tertiary/aromatic N) is 3. The lowest BCUT2D eigenvalue weighted by Crippen LogP contribution is -2.57. The molecule has 0 unspecified atom stereocenters. The Balaban J connectivity index is 1.32. The summed E-state index contributed by atoms with van der Waals surface area (Å²) in [6.45, 7) is 4.06. The minimum Gasteiger partial charge on any atom is -0.356 e. The van der Waals surface area contributed by atoms with Crippen molar-refractivity contribution in [1.29, 1.82) is 0 Å². The van der Waals surface area contributed by atoms with Gasteiger partial charge in [0.2, 0.25) is 5.91 Å². The van der Waals surface area contributed by atoms with Crippen molar-refractivity contribution < 1.29 is 18.0 Å². The predicted octanol–water partition coefficient (Wildman–Crippen LogP) is 2.14. The quantitative estimate of drug-likeness (QED) is 0.665. The van der Waals surface area contributed by atoms with Crippen LogP contribution in [0, 0.1) is 5.92 Å². The van der Waals surface area contributed by atoms with Crippen molar-refractivity contribution in [2.75, 3.05) is 43.9 Å². The van der Waals surface area contributed by atoms with E-state index in [0.717, 1.165) is 55.6 Å². The molecule has 3 saturated heterocycles. The number of fused-ring (bicyclic) bond motifs is 4. The van der Waals surface area contributed by atoms with Gasteiger partial charge < -0.3 is 10.2 Å². The van der Waals surface area contributed by atoms with Gasteiger partial charge in [0.05, 0.1) is 10.8 Å². The van der Waals surface area contributed by atoms with Crippen LogP contribution in [0.25, 0.3) is 0 Å². The third kappa shape index (κ3) is 3.99. The van der Waals surface area contributed by atoms with Crippen LogP contribution >= 0.6 is 0 Å². The van der Waals surface area contributed by atoms with E-state index in [1.54, 1.807) is 12.1 Å². The summed E-state index contributed by atoms with van der Waals surface area (Å²) in [5, 5.41) is 3.17. The van der Waals surface area contributed by atoms with E-state index in [-0.39, 0.29) is 23.8 Å². The number of carbonyl (C=O) groups is 2. The van der Waals surface area contributed by atoms with Gasteiger partial charge in [-0.2, -0.15) is 0 Å². The smallest absolute Gasteiger partial charge is 0.253 e. The summed E-state index contributed by atoms with van der Waals surface area (Å²) in [5.74, 6) is -0.348. The number of hydrogen-bond acceptors (Lipinski definition) is 6. The Hall–Kier alpha value is -2.75. The number of amides is 2. The summed E-state index contributed by atoms with van der Waals surface area (Å²) in [7, 11) is -3.24. The van der Waals surface area contributed by atoms with E-state index >= 15 is 0 Å². The summed E-state index contributed by atoms with van der Waals surface area (Å²) < 4.78 is 23.7. The first-order chi connectivity index (χ1) is 17.8. The zero-order valence-corrected chi connectivity index (χ0v) is 22.0. The third-order valence-corrected chi connectivity index (χ3v) is 9.81. The molecule has 3 fully saturated rings. The summed E-state index contributed by atoms with van der Waals surface area (Å²) in [5.41, 5.74) is 2.01. The highest BCUT2D eigenvalue weighted by atomic mass is 32.2. The second-order valence-corrected chi connectivity index (χ2v) is 12.9. The summed E-state index contributed by atoms with van der Waals surface area (Å²) in [6, 6.07) is 15.3. The van der Waals surface area contributed by atoms with Crippen molar-refractivity contribution in [2.24, 2.45) is 5.92 Å².